The maximum Gasteiger partial charge on any atom is 0.0771 e. The highest BCUT2D eigenvalue weighted by atomic mass is 16.3. The summed E-state index contributed by atoms with van der Waals surface area (Å²) >= 11 is 0. The van der Waals surface area contributed by atoms with Gasteiger partial charge in [-0.25, -0.2) is 0 Å². The third-order valence-electron chi connectivity index (χ3n) is 4.28. The zero-order valence-electron chi connectivity index (χ0n) is 11.2. The molecule has 0 saturated heterocycles. The van der Waals surface area contributed by atoms with E-state index in [2.05, 4.69) is 17.1 Å². The first-order valence-corrected chi connectivity index (χ1v) is 7.41. The van der Waals surface area contributed by atoms with E-state index < -0.39 is 5.60 Å². The lowest BCUT2D eigenvalue weighted by Gasteiger charge is -2.32. The van der Waals surface area contributed by atoms with Gasteiger partial charge in [0.05, 0.1) is 5.60 Å². The van der Waals surface area contributed by atoms with Gasteiger partial charge in [0, 0.05) is 25.7 Å². The Bertz CT molecular complexity index is 222. The molecule has 2 rings (SSSR count). The Balaban J connectivity index is 1.58. The Labute approximate surface area is 106 Å². The van der Waals surface area contributed by atoms with E-state index in [1.165, 1.54) is 32.1 Å². The van der Waals surface area contributed by atoms with E-state index in [1.54, 1.807) is 0 Å². The molecule has 0 bridgehead atoms. The zero-order valence-corrected chi connectivity index (χ0v) is 11.2. The quantitative estimate of drug-likeness (QED) is 0.666. The highest BCUT2D eigenvalue weighted by Gasteiger charge is 2.29. The molecule has 0 atom stereocenters. The Morgan fingerprint density at radius 2 is 1.94 bits per heavy atom. The molecule has 2 fully saturated rings. The van der Waals surface area contributed by atoms with Crippen LogP contribution in [0, 0.1) is 0 Å². The normalized spacial score (nSPS) is 24.2. The molecule has 0 unspecified atom stereocenters. The smallest absolute Gasteiger partial charge is 0.0771 e. The van der Waals surface area contributed by atoms with Crippen LogP contribution in [0.5, 0.6) is 0 Å². The molecule has 3 heteroatoms. The fraction of sp³-hybridized carbons (Fsp3) is 1.00. The summed E-state index contributed by atoms with van der Waals surface area (Å²) in [5.74, 6) is 0. The number of nitrogens with zero attached hydrogens (tertiary/aromatic N) is 1. The van der Waals surface area contributed by atoms with Crippen LogP contribution in [-0.2, 0) is 0 Å². The molecule has 0 aromatic heterocycles. The Hall–Kier alpha value is -0.120. The largest absolute Gasteiger partial charge is 0.389 e. The van der Waals surface area contributed by atoms with E-state index in [1.807, 2.05) is 0 Å². The summed E-state index contributed by atoms with van der Waals surface area (Å²) in [6.45, 7) is 6.35. The number of aliphatic hydroxyl groups is 1. The first-order valence-electron chi connectivity index (χ1n) is 7.41. The summed E-state index contributed by atoms with van der Waals surface area (Å²) in [4.78, 5) is 2.55. The van der Waals surface area contributed by atoms with Crippen LogP contribution < -0.4 is 5.32 Å². The van der Waals surface area contributed by atoms with Gasteiger partial charge in [0.25, 0.3) is 0 Å². The number of likely N-dealkylation sites (N-methyl/N-ethyl adjacent to an activating group) is 1. The third kappa shape index (κ3) is 4.23. The predicted molar refractivity (Wildman–Crippen MR) is 71.2 cm³/mol. The number of hydrogen-bond acceptors (Lipinski definition) is 3. The van der Waals surface area contributed by atoms with Gasteiger partial charge in [0.2, 0.25) is 0 Å². The minimum Gasteiger partial charge on any atom is -0.389 e. The summed E-state index contributed by atoms with van der Waals surface area (Å²) < 4.78 is 0. The summed E-state index contributed by atoms with van der Waals surface area (Å²) in [6.07, 6.45) is 8.44. The highest BCUT2D eigenvalue weighted by molar-refractivity contribution is 4.86. The third-order valence-corrected chi connectivity index (χ3v) is 4.28. The Morgan fingerprint density at radius 1 is 1.24 bits per heavy atom. The molecule has 0 aliphatic heterocycles. The van der Waals surface area contributed by atoms with Gasteiger partial charge in [-0.15, -0.1) is 0 Å². The highest BCUT2D eigenvalue weighted by Crippen LogP contribution is 2.27. The molecule has 2 saturated carbocycles. The van der Waals surface area contributed by atoms with Gasteiger partial charge in [-0.3, -0.25) is 4.90 Å². The van der Waals surface area contributed by atoms with Crippen molar-refractivity contribution in [3.8, 4) is 0 Å². The van der Waals surface area contributed by atoms with Crippen molar-refractivity contribution in [2.45, 2.75) is 63.5 Å². The Morgan fingerprint density at radius 3 is 2.53 bits per heavy atom. The molecule has 2 N–H and O–H groups in total. The molecule has 17 heavy (non-hydrogen) atoms. The second-order valence-electron chi connectivity index (χ2n) is 5.82. The maximum absolute atomic E-state index is 10.3. The fourth-order valence-corrected chi connectivity index (χ4v) is 2.97. The van der Waals surface area contributed by atoms with Crippen LogP contribution in [0.25, 0.3) is 0 Å². The molecule has 0 heterocycles. The van der Waals surface area contributed by atoms with Crippen LogP contribution in [0.1, 0.15) is 51.9 Å². The molecule has 0 aromatic carbocycles. The van der Waals surface area contributed by atoms with Gasteiger partial charge in [0.15, 0.2) is 0 Å². The van der Waals surface area contributed by atoms with Crippen molar-refractivity contribution in [1.29, 1.82) is 0 Å². The van der Waals surface area contributed by atoms with Crippen molar-refractivity contribution in [2.75, 3.05) is 26.2 Å². The molecule has 0 spiro atoms. The second-order valence-corrected chi connectivity index (χ2v) is 5.82. The molecule has 0 amide bonds. The van der Waals surface area contributed by atoms with Gasteiger partial charge in [-0.2, -0.15) is 0 Å². The minimum absolute atomic E-state index is 0.408. The van der Waals surface area contributed by atoms with Crippen molar-refractivity contribution < 1.29 is 5.11 Å². The number of nitrogens with one attached hydrogen (secondary N) is 1. The van der Waals surface area contributed by atoms with E-state index in [0.717, 1.165) is 45.1 Å². The summed E-state index contributed by atoms with van der Waals surface area (Å²) in [5, 5.41) is 13.8. The Kier molecular flexibility index (Phi) is 4.83. The summed E-state index contributed by atoms with van der Waals surface area (Å²) in [5.41, 5.74) is -0.408. The average molecular weight is 240 g/mol. The van der Waals surface area contributed by atoms with Crippen molar-refractivity contribution in [3.63, 3.8) is 0 Å². The van der Waals surface area contributed by atoms with Gasteiger partial charge in [-0.1, -0.05) is 26.2 Å². The molecule has 0 aromatic rings. The summed E-state index contributed by atoms with van der Waals surface area (Å²) in [6, 6.07) is 0.861. The fourth-order valence-electron chi connectivity index (χ4n) is 2.97. The van der Waals surface area contributed by atoms with Crippen LogP contribution in [0.4, 0.5) is 0 Å². The second kappa shape index (κ2) is 6.17. The van der Waals surface area contributed by atoms with Gasteiger partial charge in [0.1, 0.15) is 0 Å². The summed E-state index contributed by atoms with van der Waals surface area (Å²) in [7, 11) is 0. The van der Waals surface area contributed by atoms with E-state index in [0.29, 0.717) is 0 Å². The lowest BCUT2D eigenvalue weighted by Crippen LogP contribution is -2.44. The zero-order chi connectivity index (χ0) is 12.1. The van der Waals surface area contributed by atoms with E-state index in [4.69, 9.17) is 0 Å². The molecular weight excluding hydrogens is 212 g/mol. The van der Waals surface area contributed by atoms with E-state index in [-0.39, 0.29) is 0 Å². The van der Waals surface area contributed by atoms with Crippen molar-refractivity contribution in [2.24, 2.45) is 0 Å². The van der Waals surface area contributed by atoms with Crippen LogP contribution in [-0.4, -0.2) is 47.8 Å². The molecule has 3 nitrogen and oxygen atoms in total. The first kappa shape index (κ1) is 13.3. The molecule has 0 radical (unpaired) electrons. The standard InChI is InChI=1S/C14H28N2O/c1-2-16(13-6-7-13)11-10-15-12-14(17)8-4-3-5-9-14/h13,15,17H,2-12H2,1H3. The van der Waals surface area contributed by atoms with Gasteiger partial charge < -0.3 is 10.4 Å². The lowest BCUT2D eigenvalue weighted by molar-refractivity contribution is 0.00467. The van der Waals surface area contributed by atoms with Gasteiger partial charge >= 0.3 is 0 Å². The van der Waals surface area contributed by atoms with Crippen LogP contribution >= 0.6 is 0 Å². The van der Waals surface area contributed by atoms with Crippen LogP contribution in [0.3, 0.4) is 0 Å². The SMILES string of the molecule is CCN(CCNCC1(O)CCCCC1)C1CC1. The van der Waals surface area contributed by atoms with Crippen molar-refractivity contribution in [1.82, 2.24) is 10.2 Å². The topological polar surface area (TPSA) is 35.5 Å². The maximum atomic E-state index is 10.3. The van der Waals surface area contributed by atoms with E-state index >= 15 is 0 Å². The minimum atomic E-state index is -0.408. The van der Waals surface area contributed by atoms with Crippen molar-refractivity contribution >= 4 is 0 Å². The lowest BCUT2D eigenvalue weighted by atomic mass is 9.85. The first-order chi connectivity index (χ1) is 8.23. The number of rotatable bonds is 7. The predicted octanol–water partition coefficient (Wildman–Crippen LogP) is 1.76. The van der Waals surface area contributed by atoms with Gasteiger partial charge in [-0.05, 0) is 32.2 Å². The monoisotopic (exact) mass is 240 g/mol. The molecular formula is C14H28N2O. The molecule has 2 aliphatic rings. The molecule has 2 aliphatic carbocycles. The van der Waals surface area contributed by atoms with Crippen molar-refractivity contribution in [3.05, 3.63) is 0 Å². The van der Waals surface area contributed by atoms with E-state index in [9.17, 15) is 5.11 Å². The van der Waals surface area contributed by atoms with Crippen LogP contribution in [0.2, 0.25) is 0 Å². The van der Waals surface area contributed by atoms with Crippen LogP contribution in [0.15, 0.2) is 0 Å². The molecule has 100 valence electrons. The average Bonchev–Trinajstić information content (AvgIpc) is 3.14. The number of hydrogen-bond donors (Lipinski definition) is 2.